The van der Waals surface area contributed by atoms with Gasteiger partial charge in [0, 0.05) is 16.6 Å². The Kier molecular flexibility index (Phi) is 3.48. The first-order valence-corrected chi connectivity index (χ1v) is 4.70. The second-order valence-corrected chi connectivity index (χ2v) is 3.83. The Labute approximate surface area is 87.5 Å². The summed E-state index contributed by atoms with van der Waals surface area (Å²) < 4.78 is 13.2. The van der Waals surface area contributed by atoms with Crippen LogP contribution in [0.5, 0.6) is 0 Å². The van der Waals surface area contributed by atoms with Crippen molar-refractivity contribution in [2.75, 3.05) is 0 Å². The summed E-state index contributed by atoms with van der Waals surface area (Å²) in [4.78, 5) is 0. The molecular weight excluding hydrogens is 205 g/mol. The van der Waals surface area contributed by atoms with Crippen molar-refractivity contribution in [1.82, 2.24) is 0 Å². The number of benzene rings is 1. The summed E-state index contributed by atoms with van der Waals surface area (Å²) in [6.45, 7) is 3.25. The normalized spacial score (nSPS) is 15.3. The Bertz CT molecular complexity index is 341. The molecule has 1 rings (SSSR count). The molecule has 1 aromatic rings. The molecule has 0 saturated heterocycles. The molecule has 0 aliphatic heterocycles. The molecule has 0 amide bonds. The van der Waals surface area contributed by atoms with Crippen molar-refractivity contribution in [2.45, 2.75) is 26.0 Å². The predicted molar refractivity (Wildman–Crippen MR) is 54.8 cm³/mol. The van der Waals surface area contributed by atoms with Gasteiger partial charge in [-0.25, -0.2) is 4.39 Å². The van der Waals surface area contributed by atoms with Crippen LogP contribution in [0.25, 0.3) is 0 Å². The number of rotatable bonds is 2. The van der Waals surface area contributed by atoms with Gasteiger partial charge in [-0.05, 0) is 31.5 Å². The molecule has 0 saturated carbocycles. The molecular formula is C10H13ClFNO. The van der Waals surface area contributed by atoms with Crippen molar-refractivity contribution in [1.29, 1.82) is 0 Å². The van der Waals surface area contributed by atoms with Crippen LogP contribution in [0, 0.1) is 12.7 Å². The van der Waals surface area contributed by atoms with Gasteiger partial charge in [-0.1, -0.05) is 11.6 Å². The van der Waals surface area contributed by atoms with E-state index >= 15 is 0 Å². The minimum absolute atomic E-state index is 0.338. The SMILES string of the molecule is Cc1cc(Cl)c([C@@H](O)[C@@H](C)N)cc1F. The molecule has 1 aromatic carbocycles. The Morgan fingerprint density at radius 3 is 2.57 bits per heavy atom. The number of aliphatic hydroxyl groups excluding tert-OH is 1. The van der Waals surface area contributed by atoms with Crippen LogP contribution in [0.1, 0.15) is 24.2 Å². The lowest BCUT2D eigenvalue weighted by Crippen LogP contribution is -2.24. The predicted octanol–water partition coefficient (Wildman–Crippen LogP) is 2.17. The van der Waals surface area contributed by atoms with E-state index in [2.05, 4.69) is 0 Å². The summed E-state index contributed by atoms with van der Waals surface area (Å²) in [6, 6.07) is 2.23. The van der Waals surface area contributed by atoms with Gasteiger partial charge in [0.25, 0.3) is 0 Å². The van der Waals surface area contributed by atoms with E-state index in [9.17, 15) is 9.50 Å². The first-order valence-electron chi connectivity index (χ1n) is 4.32. The second kappa shape index (κ2) is 4.26. The second-order valence-electron chi connectivity index (χ2n) is 3.43. The molecule has 0 aliphatic carbocycles. The van der Waals surface area contributed by atoms with E-state index in [1.165, 1.54) is 12.1 Å². The molecule has 0 aromatic heterocycles. The molecule has 78 valence electrons. The zero-order valence-electron chi connectivity index (χ0n) is 8.09. The molecule has 0 unspecified atom stereocenters. The van der Waals surface area contributed by atoms with Crippen LogP contribution in [0.15, 0.2) is 12.1 Å². The lowest BCUT2D eigenvalue weighted by molar-refractivity contribution is 0.153. The van der Waals surface area contributed by atoms with Crippen molar-refractivity contribution >= 4 is 11.6 Å². The third kappa shape index (κ3) is 2.23. The van der Waals surface area contributed by atoms with Crippen molar-refractivity contribution in [3.63, 3.8) is 0 Å². The molecule has 4 heteroatoms. The number of aryl methyl sites for hydroxylation is 1. The minimum Gasteiger partial charge on any atom is -0.387 e. The van der Waals surface area contributed by atoms with E-state index in [1.807, 2.05) is 0 Å². The van der Waals surface area contributed by atoms with Crippen LogP contribution in [0.2, 0.25) is 5.02 Å². The van der Waals surface area contributed by atoms with Crippen LogP contribution in [-0.4, -0.2) is 11.1 Å². The molecule has 0 bridgehead atoms. The molecule has 0 heterocycles. The molecule has 3 N–H and O–H groups in total. The first kappa shape index (κ1) is 11.4. The largest absolute Gasteiger partial charge is 0.387 e. The highest BCUT2D eigenvalue weighted by Gasteiger charge is 2.17. The highest BCUT2D eigenvalue weighted by Crippen LogP contribution is 2.27. The quantitative estimate of drug-likeness (QED) is 0.798. The van der Waals surface area contributed by atoms with Crippen LogP contribution in [0.3, 0.4) is 0 Å². The maximum atomic E-state index is 13.2. The van der Waals surface area contributed by atoms with E-state index in [1.54, 1.807) is 13.8 Å². The summed E-state index contributed by atoms with van der Waals surface area (Å²) >= 11 is 5.86. The van der Waals surface area contributed by atoms with Crippen LogP contribution >= 0.6 is 11.6 Å². The van der Waals surface area contributed by atoms with Crippen LogP contribution in [0.4, 0.5) is 4.39 Å². The molecule has 0 aliphatic rings. The monoisotopic (exact) mass is 217 g/mol. The van der Waals surface area contributed by atoms with Gasteiger partial charge < -0.3 is 10.8 Å². The van der Waals surface area contributed by atoms with Crippen molar-refractivity contribution in [3.8, 4) is 0 Å². The zero-order valence-corrected chi connectivity index (χ0v) is 8.85. The number of halogens is 2. The summed E-state index contributed by atoms with van der Waals surface area (Å²) in [6.07, 6.45) is -0.933. The van der Waals surface area contributed by atoms with Crippen molar-refractivity contribution < 1.29 is 9.50 Å². The fourth-order valence-electron chi connectivity index (χ4n) is 1.17. The smallest absolute Gasteiger partial charge is 0.126 e. The van der Waals surface area contributed by atoms with Crippen LogP contribution < -0.4 is 5.73 Å². The van der Waals surface area contributed by atoms with Crippen molar-refractivity contribution in [3.05, 3.63) is 34.1 Å². The van der Waals surface area contributed by atoms with E-state index in [0.717, 1.165) is 0 Å². The van der Waals surface area contributed by atoms with E-state index < -0.39 is 12.1 Å². The van der Waals surface area contributed by atoms with Gasteiger partial charge >= 0.3 is 0 Å². The fraction of sp³-hybridized carbons (Fsp3) is 0.400. The van der Waals surface area contributed by atoms with Gasteiger partial charge in [0.15, 0.2) is 0 Å². The average Bonchev–Trinajstić information content (AvgIpc) is 2.10. The third-order valence-electron chi connectivity index (χ3n) is 2.09. The highest BCUT2D eigenvalue weighted by atomic mass is 35.5. The molecule has 2 nitrogen and oxygen atoms in total. The van der Waals surface area contributed by atoms with Gasteiger partial charge in [0.2, 0.25) is 0 Å². The Balaban J connectivity index is 3.15. The summed E-state index contributed by atoms with van der Waals surface area (Å²) in [7, 11) is 0. The summed E-state index contributed by atoms with van der Waals surface area (Å²) in [5.41, 5.74) is 6.29. The van der Waals surface area contributed by atoms with E-state index in [-0.39, 0.29) is 5.82 Å². The van der Waals surface area contributed by atoms with Gasteiger partial charge in [0.05, 0.1) is 6.10 Å². The van der Waals surface area contributed by atoms with Gasteiger partial charge in [-0.15, -0.1) is 0 Å². The number of aliphatic hydroxyl groups is 1. The molecule has 0 radical (unpaired) electrons. The summed E-state index contributed by atoms with van der Waals surface area (Å²) in [5, 5.41) is 9.96. The lowest BCUT2D eigenvalue weighted by atomic mass is 10.0. The van der Waals surface area contributed by atoms with E-state index in [0.29, 0.717) is 16.1 Å². The number of nitrogens with two attached hydrogens (primary N) is 1. The standard InChI is InChI=1S/C10H13ClFNO/c1-5-3-8(11)7(4-9(5)12)10(14)6(2)13/h3-4,6,10,14H,13H2,1-2H3/t6-,10+/m1/s1. The number of hydrogen-bond acceptors (Lipinski definition) is 2. The maximum Gasteiger partial charge on any atom is 0.126 e. The highest BCUT2D eigenvalue weighted by molar-refractivity contribution is 6.31. The first-order chi connectivity index (χ1) is 6.43. The van der Waals surface area contributed by atoms with Gasteiger partial charge in [-0.2, -0.15) is 0 Å². The maximum absolute atomic E-state index is 13.2. The van der Waals surface area contributed by atoms with E-state index in [4.69, 9.17) is 17.3 Å². The molecule has 0 fully saturated rings. The Morgan fingerprint density at radius 1 is 1.50 bits per heavy atom. The summed E-state index contributed by atoms with van der Waals surface area (Å²) in [5.74, 6) is -0.385. The number of hydrogen-bond donors (Lipinski definition) is 2. The van der Waals surface area contributed by atoms with Crippen LogP contribution in [-0.2, 0) is 0 Å². The zero-order chi connectivity index (χ0) is 10.9. The fourth-order valence-corrected chi connectivity index (χ4v) is 1.50. The Morgan fingerprint density at radius 2 is 2.07 bits per heavy atom. The Hall–Kier alpha value is -0.640. The average molecular weight is 218 g/mol. The topological polar surface area (TPSA) is 46.2 Å². The lowest BCUT2D eigenvalue weighted by Gasteiger charge is -2.16. The minimum atomic E-state index is -0.933. The molecule has 0 spiro atoms. The molecule has 14 heavy (non-hydrogen) atoms. The molecule has 2 atom stereocenters. The van der Waals surface area contributed by atoms with Gasteiger partial charge in [-0.3, -0.25) is 0 Å². The van der Waals surface area contributed by atoms with Gasteiger partial charge in [0.1, 0.15) is 5.82 Å². The third-order valence-corrected chi connectivity index (χ3v) is 2.42. The van der Waals surface area contributed by atoms with Crippen molar-refractivity contribution in [2.24, 2.45) is 5.73 Å².